The standard InChI is InChI=1S/C24H25NO3/c1-18(20-7-3-2-4-8-20)6-5-9-22-14-15-23(26)25(22)17-16-19-10-12-21(13-11-19)24(27)28/h2-13,22H,14-17H2,1H3,(H,27,28)/b9-5+,18-6+/t22-/m0/s1. The highest BCUT2D eigenvalue weighted by atomic mass is 16.4. The van der Waals surface area contributed by atoms with Crippen molar-refractivity contribution in [1.82, 2.24) is 4.90 Å². The molecule has 1 fully saturated rings. The van der Waals surface area contributed by atoms with Crippen molar-refractivity contribution in [3.05, 3.63) is 89.5 Å². The number of carbonyl (C=O) groups is 2. The van der Waals surface area contributed by atoms with Crippen molar-refractivity contribution in [1.29, 1.82) is 0 Å². The van der Waals surface area contributed by atoms with E-state index in [1.807, 2.05) is 41.3 Å². The van der Waals surface area contributed by atoms with E-state index in [1.165, 1.54) is 11.1 Å². The monoisotopic (exact) mass is 375 g/mol. The summed E-state index contributed by atoms with van der Waals surface area (Å²) in [4.78, 5) is 25.1. The molecule has 0 saturated carbocycles. The largest absolute Gasteiger partial charge is 0.478 e. The number of carboxylic acids is 1. The van der Waals surface area contributed by atoms with Crippen LogP contribution in [-0.2, 0) is 11.2 Å². The van der Waals surface area contributed by atoms with Gasteiger partial charge in [0.15, 0.2) is 0 Å². The first-order chi connectivity index (χ1) is 13.5. The molecule has 1 aliphatic heterocycles. The van der Waals surface area contributed by atoms with Gasteiger partial charge in [-0.2, -0.15) is 0 Å². The van der Waals surface area contributed by atoms with Crippen molar-refractivity contribution in [3.8, 4) is 0 Å². The van der Waals surface area contributed by atoms with Crippen LogP contribution in [0.3, 0.4) is 0 Å². The molecule has 0 aliphatic carbocycles. The van der Waals surface area contributed by atoms with Crippen LogP contribution in [-0.4, -0.2) is 34.5 Å². The van der Waals surface area contributed by atoms with E-state index in [-0.39, 0.29) is 17.5 Å². The number of hydrogen-bond donors (Lipinski definition) is 1. The Balaban J connectivity index is 1.60. The minimum Gasteiger partial charge on any atom is -0.478 e. The fourth-order valence-corrected chi connectivity index (χ4v) is 3.44. The Labute approximate surface area is 165 Å². The molecule has 0 aromatic heterocycles. The number of rotatable bonds is 7. The summed E-state index contributed by atoms with van der Waals surface area (Å²) in [6, 6.07) is 17.2. The van der Waals surface area contributed by atoms with Gasteiger partial charge in [0.25, 0.3) is 0 Å². The quantitative estimate of drug-likeness (QED) is 0.721. The third-order valence-corrected chi connectivity index (χ3v) is 5.13. The van der Waals surface area contributed by atoms with Gasteiger partial charge in [-0.25, -0.2) is 4.79 Å². The van der Waals surface area contributed by atoms with Gasteiger partial charge in [-0.05, 0) is 48.6 Å². The number of aromatic carboxylic acids is 1. The first kappa shape index (κ1) is 19.6. The number of benzene rings is 2. The Morgan fingerprint density at radius 2 is 1.82 bits per heavy atom. The lowest BCUT2D eigenvalue weighted by molar-refractivity contribution is -0.128. The Hall–Kier alpha value is -3.14. The number of carboxylic acid groups (broad SMARTS) is 1. The molecule has 3 rings (SSSR count). The Bertz CT molecular complexity index is 882. The number of nitrogens with zero attached hydrogens (tertiary/aromatic N) is 1. The van der Waals surface area contributed by atoms with Gasteiger partial charge in [-0.3, -0.25) is 4.79 Å². The number of hydrogen-bond acceptors (Lipinski definition) is 2. The fourth-order valence-electron chi connectivity index (χ4n) is 3.44. The summed E-state index contributed by atoms with van der Waals surface area (Å²) in [5, 5.41) is 8.98. The minimum absolute atomic E-state index is 0.116. The first-order valence-corrected chi connectivity index (χ1v) is 9.57. The molecule has 4 nitrogen and oxygen atoms in total. The molecule has 144 valence electrons. The van der Waals surface area contributed by atoms with Crippen LogP contribution in [0.4, 0.5) is 0 Å². The van der Waals surface area contributed by atoms with Crippen LogP contribution in [0.5, 0.6) is 0 Å². The molecule has 0 spiro atoms. The first-order valence-electron chi connectivity index (χ1n) is 9.57. The van der Waals surface area contributed by atoms with Crippen LogP contribution in [0.25, 0.3) is 5.57 Å². The fraction of sp³-hybridized carbons (Fsp3) is 0.250. The number of carbonyl (C=O) groups excluding carboxylic acids is 1. The van der Waals surface area contributed by atoms with Gasteiger partial charge < -0.3 is 10.0 Å². The predicted molar refractivity (Wildman–Crippen MR) is 111 cm³/mol. The topological polar surface area (TPSA) is 57.6 Å². The molecule has 4 heteroatoms. The summed E-state index contributed by atoms with van der Waals surface area (Å²) in [5.41, 5.74) is 3.69. The van der Waals surface area contributed by atoms with E-state index in [9.17, 15) is 9.59 Å². The third-order valence-electron chi connectivity index (χ3n) is 5.13. The van der Waals surface area contributed by atoms with E-state index in [0.29, 0.717) is 13.0 Å². The second-order valence-corrected chi connectivity index (χ2v) is 7.05. The molecule has 1 heterocycles. The zero-order chi connectivity index (χ0) is 19.9. The summed E-state index contributed by atoms with van der Waals surface area (Å²) >= 11 is 0. The number of likely N-dealkylation sites (tertiary alicyclic amines) is 1. The normalized spacial score (nSPS) is 17.5. The SMILES string of the molecule is C/C(=C\C=C\[C@H]1CCC(=O)N1CCc1ccc(C(=O)O)cc1)c1ccccc1. The molecule has 1 atom stereocenters. The maximum atomic E-state index is 12.3. The lowest BCUT2D eigenvalue weighted by Crippen LogP contribution is -2.33. The van der Waals surface area contributed by atoms with Crippen LogP contribution in [0.15, 0.2) is 72.8 Å². The van der Waals surface area contributed by atoms with Crippen LogP contribution in [0, 0.1) is 0 Å². The molecule has 28 heavy (non-hydrogen) atoms. The van der Waals surface area contributed by atoms with E-state index in [4.69, 9.17) is 5.11 Å². The van der Waals surface area contributed by atoms with Crippen LogP contribution >= 0.6 is 0 Å². The van der Waals surface area contributed by atoms with Crippen molar-refractivity contribution >= 4 is 17.4 Å². The highest BCUT2D eigenvalue weighted by Gasteiger charge is 2.28. The Kier molecular flexibility index (Phi) is 6.43. The maximum Gasteiger partial charge on any atom is 0.335 e. The van der Waals surface area contributed by atoms with E-state index in [2.05, 4.69) is 31.2 Å². The molecule has 0 bridgehead atoms. The molecule has 0 unspecified atom stereocenters. The molecule has 0 radical (unpaired) electrons. The van der Waals surface area contributed by atoms with Gasteiger partial charge in [-0.1, -0.05) is 60.7 Å². The van der Waals surface area contributed by atoms with Crippen molar-refractivity contribution in [2.24, 2.45) is 0 Å². The van der Waals surface area contributed by atoms with Crippen molar-refractivity contribution < 1.29 is 14.7 Å². The summed E-state index contributed by atoms with van der Waals surface area (Å²) in [5.74, 6) is -0.745. The van der Waals surface area contributed by atoms with Crippen LogP contribution in [0.2, 0.25) is 0 Å². The summed E-state index contributed by atoms with van der Waals surface area (Å²) in [7, 11) is 0. The molecule has 1 saturated heterocycles. The van der Waals surface area contributed by atoms with E-state index < -0.39 is 5.97 Å². The van der Waals surface area contributed by atoms with Crippen molar-refractivity contribution in [3.63, 3.8) is 0 Å². The highest BCUT2D eigenvalue weighted by Crippen LogP contribution is 2.21. The summed E-state index contributed by atoms with van der Waals surface area (Å²) in [6.45, 7) is 2.72. The molecular weight excluding hydrogens is 350 g/mol. The Morgan fingerprint density at radius 3 is 2.50 bits per heavy atom. The van der Waals surface area contributed by atoms with Gasteiger partial charge in [0.05, 0.1) is 11.6 Å². The minimum atomic E-state index is -0.926. The van der Waals surface area contributed by atoms with Gasteiger partial charge in [0.1, 0.15) is 0 Å². The lowest BCUT2D eigenvalue weighted by Gasteiger charge is -2.22. The average Bonchev–Trinajstić information content (AvgIpc) is 3.06. The molecule has 1 amide bonds. The predicted octanol–water partition coefficient (Wildman–Crippen LogP) is 4.58. The zero-order valence-electron chi connectivity index (χ0n) is 16.0. The van der Waals surface area contributed by atoms with E-state index >= 15 is 0 Å². The lowest BCUT2D eigenvalue weighted by atomic mass is 10.1. The van der Waals surface area contributed by atoms with Gasteiger partial charge in [0.2, 0.25) is 5.91 Å². The maximum absolute atomic E-state index is 12.3. The smallest absolute Gasteiger partial charge is 0.335 e. The summed E-state index contributed by atoms with van der Waals surface area (Å²) < 4.78 is 0. The van der Waals surface area contributed by atoms with E-state index in [0.717, 1.165) is 18.4 Å². The van der Waals surface area contributed by atoms with Gasteiger partial charge in [-0.15, -0.1) is 0 Å². The average molecular weight is 375 g/mol. The third kappa shape index (κ3) is 4.97. The highest BCUT2D eigenvalue weighted by molar-refractivity contribution is 5.87. The number of amides is 1. The van der Waals surface area contributed by atoms with Crippen LogP contribution in [0.1, 0.15) is 41.3 Å². The van der Waals surface area contributed by atoms with Crippen LogP contribution < -0.4 is 0 Å². The molecule has 1 N–H and O–H groups in total. The second-order valence-electron chi connectivity index (χ2n) is 7.05. The van der Waals surface area contributed by atoms with E-state index in [1.54, 1.807) is 12.1 Å². The zero-order valence-corrected chi connectivity index (χ0v) is 16.0. The molecular formula is C24H25NO3. The van der Waals surface area contributed by atoms with Crippen molar-refractivity contribution in [2.75, 3.05) is 6.54 Å². The van der Waals surface area contributed by atoms with Gasteiger partial charge >= 0.3 is 5.97 Å². The van der Waals surface area contributed by atoms with Gasteiger partial charge in [0, 0.05) is 13.0 Å². The van der Waals surface area contributed by atoms with Crippen molar-refractivity contribution in [2.45, 2.75) is 32.2 Å². The Morgan fingerprint density at radius 1 is 1.11 bits per heavy atom. The summed E-state index contributed by atoms with van der Waals surface area (Å²) in [6.07, 6.45) is 8.36. The molecule has 2 aromatic carbocycles. The molecule has 1 aliphatic rings. The molecule has 2 aromatic rings. The second kappa shape index (κ2) is 9.18. The number of allylic oxidation sites excluding steroid dienone is 3.